The van der Waals surface area contributed by atoms with Gasteiger partial charge in [0.25, 0.3) is 0 Å². The van der Waals surface area contributed by atoms with Crippen LogP contribution in [0.3, 0.4) is 0 Å². The summed E-state index contributed by atoms with van der Waals surface area (Å²) in [6.07, 6.45) is 4.87. The molecule has 0 N–H and O–H groups in total. The highest BCUT2D eigenvalue weighted by Gasteiger charge is 2.41. The van der Waals surface area contributed by atoms with E-state index in [1.165, 1.54) is 5.56 Å². The van der Waals surface area contributed by atoms with E-state index < -0.39 is 0 Å². The maximum atomic E-state index is 12.5. The molecule has 21 heavy (non-hydrogen) atoms. The van der Waals surface area contributed by atoms with Crippen LogP contribution in [-0.4, -0.2) is 31.1 Å². The lowest BCUT2D eigenvalue weighted by molar-refractivity contribution is -0.134. The van der Waals surface area contributed by atoms with Gasteiger partial charge in [-0.05, 0) is 42.5 Å². The first-order valence-corrected chi connectivity index (χ1v) is 7.75. The largest absolute Gasteiger partial charge is 0.493 e. The number of carbonyl (C=O) groups is 1. The topological polar surface area (TPSA) is 38.8 Å². The molecule has 0 aliphatic carbocycles. The first kappa shape index (κ1) is 14.2. The molecule has 0 bridgehead atoms. The molecule has 4 nitrogen and oxygen atoms in total. The van der Waals surface area contributed by atoms with E-state index in [0.29, 0.717) is 18.2 Å². The lowest BCUT2D eigenvalue weighted by Gasteiger charge is -2.36. The van der Waals surface area contributed by atoms with Crippen LogP contribution in [0.5, 0.6) is 11.5 Å². The van der Waals surface area contributed by atoms with Crippen LogP contribution in [0.1, 0.15) is 49.8 Å². The van der Waals surface area contributed by atoms with Crippen molar-refractivity contribution < 1.29 is 14.3 Å². The normalized spacial score (nSPS) is 23.8. The van der Waals surface area contributed by atoms with Crippen molar-refractivity contribution >= 4 is 5.91 Å². The zero-order chi connectivity index (χ0) is 15.0. The number of carbonyl (C=O) groups excluding carboxylic acids is 1. The van der Waals surface area contributed by atoms with Crippen LogP contribution >= 0.6 is 0 Å². The second-order valence-corrected chi connectivity index (χ2v) is 5.92. The predicted octanol–water partition coefficient (Wildman–Crippen LogP) is 3.09. The molecular weight excluding hydrogens is 266 g/mol. The van der Waals surface area contributed by atoms with Gasteiger partial charge in [0.2, 0.25) is 5.91 Å². The lowest BCUT2D eigenvalue weighted by atomic mass is 9.91. The van der Waals surface area contributed by atoms with Crippen LogP contribution in [0.2, 0.25) is 0 Å². The summed E-state index contributed by atoms with van der Waals surface area (Å²) >= 11 is 0. The van der Waals surface area contributed by atoms with E-state index in [4.69, 9.17) is 9.47 Å². The molecule has 1 amide bonds. The van der Waals surface area contributed by atoms with Crippen LogP contribution in [0.4, 0.5) is 0 Å². The van der Waals surface area contributed by atoms with Crippen LogP contribution in [0.25, 0.3) is 0 Å². The van der Waals surface area contributed by atoms with Gasteiger partial charge < -0.3 is 14.4 Å². The van der Waals surface area contributed by atoms with Gasteiger partial charge in [0.05, 0.1) is 26.7 Å². The SMILES string of the molecule is CCC[C@H]1CC[C@@H]2c3cc(OC)c(OC)cc3CC(=O)N12. The minimum absolute atomic E-state index is 0.220. The molecule has 4 heteroatoms. The molecular formula is C17H23NO3. The second kappa shape index (κ2) is 5.58. The van der Waals surface area contributed by atoms with Gasteiger partial charge in [0.1, 0.15) is 0 Å². The highest BCUT2D eigenvalue weighted by molar-refractivity contribution is 5.83. The predicted molar refractivity (Wildman–Crippen MR) is 80.8 cm³/mol. The lowest BCUT2D eigenvalue weighted by Crippen LogP contribution is -2.41. The van der Waals surface area contributed by atoms with Crippen molar-refractivity contribution in [3.05, 3.63) is 23.3 Å². The van der Waals surface area contributed by atoms with Crippen LogP contribution in [0, 0.1) is 0 Å². The first-order chi connectivity index (χ1) is 10.2. The molecule has 2 atom stereocenters. The molecule has 0 aromatic heterocycles. The van der Waals surface area contributed by atoms with Crippen molar-refractivity contribution in [3.8, 4) is 11.5 Å². The Bertz CT molecular complexity index is 555. The Hall–Kier alpha value is -1.71. The fourth-order valence-corrected chi connectivity index (χ4v) is 3.84. The average Bonchev–Trinajstić information content (AvgIpc) is 2.91. The summed E-state index contributed by atoms with van der Waals surface area (Å²) in [5, 5.41) is 0. The third-order valence-electron chi connectivity index (χ3n) is 4.76. The minimum Gasteiger partial charge on any atom is -0.493 e. The van der Waals surface area contributed by atoms with E-state index in [-0.39, 0.29) is 11.9 Å². The van der Waals surface area contributed by atoms with Crippen molar-refractivity contribution in [2.45, 2.75) is 51.1 Å². The molecule has 1 fully saturated rings. The molecule has 0 radical (unpaired) electrons. The van der Waals surface area contributed by atoms with Gasteiger partial charge in [-0.3, -0.25) is 4.79 Å². The number of hydrogen-bond donors (Lipinski definition) is 0. The number of benzene rings is 1. The van der Waals surface area contributed by atoms with Crippen molar-refractivity contribution in [3.63, 3.8) is 0 Å². The molecule has 1 aromatic carbocycles. The van der Waals surface area contributed by atoms with Crippen molar-refractivity contribution in [1.82, 2.24) is 4.90 Å². The van der Waals surface area contributed by atoms with Gasteiger partial charge in [-0.2, -0.15) is 0 Å². The van der Waals surface area contributed by atoms with Gasteiger partial charge in [0.15, 0.2) is 11.5 Å². The molecule has 114 valence electrons. The molecule has 2 aliphatic rings. The number of ether oxygens (including phenoxy) is 2. The third-order valence-corrected chi connectivity index (χ3v) is 4.76. The fourth-order valence-electron chi connectivity index (χ4n) is 3.84. The number of rotatable bonds is 4. The zero-order valence-electron chi connectivity index (χ0n) is 13.0. The minimum atomic E-state index is 0.220. The summed E-state index contributed by atoms with van der Waals surface area (Å²) in [6, 6.07) is 4.66. The van der Waals surface area contributed by atoms with Gasteiger partial charge in [-0.1, -0.05) is 13.3 Å². The Kier molecular flexibility index (Phi) is 3.79. The van der Waals surface area contributed by atoms with E-state index in [9.17, 15) is 4.79 Å². The summed E-state index contributed by atoms with van der Waals surface area (Å²) in [4.78, 5) is 14.7. The van der Waals surface area contributed by atoms with Gasteiger partial charge in [0, 0.05) is 6.04 Å². The van der Waals surface area contributed by atoms with E-state index in [0.717, 1.165) is 37.0 Å². The average molecular weight is 289 g/mol. The van der Waals surface area contributed by atoms with Crippen LogP contribution in [-0.2, 0) is 11.2 Å². The number of amides is 1. The number of methoxy groups -OCH3 is 2. The Labute approximate surface area is 126 Å². The van der Waals surface area contributed by atoms with Crippen molar-refractivity contribution in [1.29, 1.82) is 0 Å². The molecule has 2 aliphatic heterocycles. The monoisotopic (exact) mass is 289 g/mol. The zero-order valence-corrected chi connectivity index (χ0v) is 13.0. The molecule has 0 unspecified atom stereocenters. The third kappa shape index (κ3) is 2.27. The first-order valence-electron chi connectivity index (χ1n) is 7.75. The smallest absolute Gasteiger partial charge is 0.227 e. The van der Waals surface area contributed by atoms with Crippen molar-refractivity contribution in [2.75, 3.05) is 14.2 Å². The molecule has 2 heterocycles. The number of fused-ring (bicyclic) bond motifs is 3. The summed E-state index contributed by atoms with van der Waals surface area (Å²) in [5.74, 6) is 1.72. The van der Waals surface area contributed by atoms with E-state index in [1.807, 2.05) is 6.07 Å². The highest BCUT2D eigenvalue weighted by atomic mass is 16.5. The van der Waals surface area contributed by atoms with Crippen molar-refractivity contribution in [2.24, 2.45) is 0 Å². The summed E-state index contributed by atoms with van der Waals surface area (Å²) in [7, 11) is 3.29. The van der Waals surface area contributed by atoms with E-state index in [1.54, 1.807) is 14.2 Å². The maximum absolute atomic E-state index is 12.5. The maximum Gasteiger partial charge on any atom is 0.227 e. The molecule has 0 saturated carbocycles. The quantitative estimate of drug-likeness (QED) is 0.855. The van der Waals surface area contributed by atoms with Gasteiger partial charge in [-0.15, -0.1) is 0 Å². The van der Waals surface area contributed by atoms with E-state index >= 15 is 0 Å². The van der Waals surface area contributed by atoms with E-state index in [2.05, 4.69) is 17.9 Å². The number of hydrogen-bond acceptors (Lipinski definition) is 3. The Morgan fingerprint density at radius 3 is 2.57 bits per heavy atom. The summed E-state index contributed by atoms with van der Waals surface area (Å²) < 4.78 is 10.8. The molecule has 1 saturated heterocycles. The fraction of sp³-hybridized carbons (Fsp3) is 0.588. The number of nitrogens with zero attached hydrogens (tertiary/aromatic N) is 1. The van der Waals surface area contributed by atoms with Gasteiger partial charge >= 0.3 is 0 Å². The second-order valence-electron chi connectivity index (χ2n) is 5.92. The van der Waals surface area contributed by atoms with Gasteiger partial charge in [-0.25, -0.2) is 0 Å². The molecule has 0 spiro atoms. The Morgan fingerprint density at radius 1 is 1.19 bits per heavy atom. The molecule has 1 aromatic rings. The standard InChI is InChI=1S/C17H23NO3/c1-4-5-12-6-7-14-13-10-16(21-3)15(20-2)8-11(13)9-17(19)18(12)14/h8,10,12,14H,4-7,9H2,1-3H3/t12-,14+/m0/s1. The van der Waals surface area contributed by atoms with Crippen LogP contribution < -0.4 is 9.47 Å². The Morgan fingerprint density at radius 2 is 1.90 bits per heavy atom. The highest BCUT2D eigenvalue weighted by Crippen LogP contribution is 2.45. The summed E-state index contributed by atoms with van der Waals surface area (Å²) in [6.45, 7) is 2.18. The van der Waals surface area contributed by atoms with Crippen LogP contribution in [0.15, 0.2) is 12.1 Å². The summed E-state index contributed by atoms with van der Waals surface area (Å²) in [5.41, 5.74) is 2.34. The Balaban J connectivity index is 2.01. The molecule has 3 rings (SSSR count).